The van der Waals surface area contributed by atoms with Gasteiger partial charge in [0.05, 0.1) is 27.7 Å². The molecule has 0 N–H and O–H groups in total. The molecule has 1 amide bonds. The first-order valence-corrected chi connectivity index (χ1v) is 9.99. The molecule has 0 aromatic carbocycles. The van der Waals surface area contributed by atoms with Crippen LogP contribution in [0.15, 0.2) is 54.3 Å². The van der Waals surface area contributed by atoms with Gasteiger partial charge in [-0.15, -0.1) is 11.3 Å². The third-order valence-electron chi connectivity index (χ3n) is 4.55. The summed E-state index contributed by atoms with van der Waals surface area (Å²) in [5.41, 5.74) is 3.13. The zero-order valence-electron chi connectivity index (χ0n) is 16.0. The van der Waals surface area contributed by atoms with Crippen molar-refractivity contribution in [2.24, 2.45) is 0 Å². The van der Waals surface area contributed by atoms with Crippen molar-refractivity contribution in [3.63, 3.8) is 0 Å². The van der Waals surface area contributed by atoms with Crippen molar-refractivity contribution in [3.05, 3.63) is 65.4 Å². The summed E-state index contributed by atoms with van der Waals surface area (Å²) in [6, 6.07) is 9.87. The number of carbonyl (C=O) groups excluding carboxylic acids is 1. The molecule has 0 aliphatic carbocycles. The fraction of sp³-hybridized carbons (Fsp3) is 0.238. The molecule has 6 nitrogen and oxygen atoms in total. The number of rotatable bonds is 5. The molecule has 0 spiro atoms. The second-order valence-electron chi connectivity index (χ2n) is 6.98. The van der Waals surface area contributed by atoms with Crippen molar-refractivity contribution < 1.29 is 4.79 Å². The number of carbonyl (C=O) groups is 1. The van der Waals surface area contributed by atoms with Gasteiger partial charge in [0, 0.05) is 32.0 Å². The molecule has 142 valence electrons. The van der Waals surface area contributed by atoms with Gasteiger partial charge in [0.2, 0.25) is 0 Å². The number of pyridine rings is 2. The van der Waals surface area contributed by atoms with Crippen LogP contribution in [0, 0.1) is 0 Å². The Hall–Kier alpha value is -3.06. The van der Waals surface area contributed by atoms with E-state index < -0.39 is 0 Å². The highest BCUT2D eigenvalue weighted by molar-refractivity contribution is 7.13. The highest BCUT2D eigenvalue weighted by Crippen LogP contribution is 2.29. The van der Waals surface area contributed by atoms with Crippen molar-refractivity contribution >= 4 is 28.3 Å². The predicted octanol–water partition coefficient (Wildman–Crippen LogP) is 4.41. The molecule has 0 fully saturated rings. The van der Waals surface area contributed by atoms with E-state index in [2.05, 4.69) is 23.9 Å². The van der Waals surface area contributed by atoms with E-state index in [1.807, 2.05) is 40.4 Å². The Kier molecular flexibility index (Phi) is 4.92. The van der Waals surface area contributed by atoms with Crippen molar-refractivity contribution in [1.29, 1.82) is 0 Å². The lowest BCUT2D eigenvalue weighted by molar-refractivity contribution is 0.0787. The van der Waals surface area contributed by atoms with Gasteiger partial charge in [-0.25, -0.2) is 9.67 Å². The summed E-state index contributed by atoms with van der Waals surface area (Å²) in [5.74, 6) is -0.0580. The van der Waals surface area contributed by atoms with Gasteiger partial charge in [-0.05, 0) is 43.0 Å². The van der Waals surface area contributed by atoms with Gasteiger partial charge in [-0.2, -0.15) is 5.10 Å². The molecule has 0 atom stereocenters. The van der Waals surface area contributed by atoms with Gasteiger partial charge in [-0.1, -0.05) is 12.1 Å². The van der Waals surface area contributed by atoms with Crippen LogP contribution in [0.4, 0.5) is 0 Å². The van der Waals surface area contributed by atoms with Crippen LogP contribution in [0.5, 0.6) is 0 Å². The number of hydrogen-bond acceptors (Lipinski definition) is 5. The average Bonchev–Trinajstić information content (AvgIpc) is 3.37. The Morgan fingerprint density at radius 2 is 2.11 bits per heavy atom. The van der Waals surface area contributed by atoms with E-state index in [1.165, 1.54) is 0 Å². The Labute approximate surface area is 167 Å². The molecule has 28 heavy (non-hydrogen) atoms. The Morgan fingerprint density at radius 1 is 1.25 bits per heavy atom. The largest absolute Gasteiger partial charge is 0.337 e. The normalized spacial score (nSPS) is 11.3. The molecule has 4 aromatic rings. The quantitative estimate of drug-likeness (QED) is 0.506. The van der Waals surface area contributed by atoms with Crippen LogP contribution >= 0.6 is 11.3 Å². The molecule has 0 aliphatic rings. The molecule has 7 heteroatoms. The lowest BCUT2D eigenvalue weighted by Crippen LogP contribution is -2.26. The maximum atomic E-state index is 13.3. The minimum Gasteiger partial charge on any atom is -0.337 e. The first-order valence-electron chi connectivity index (χ1n) is 9.11. The van der Waals surface area contributed by atoms with Crippen LogP contribution in [0.1, 0.15) is 35.8 Å². The van der Waals surface area contributed by atoms with Crippen molar-refractivity contribution in [2.75, 3.05) is 7.05 Å². The molecular formula is C21H21N5OS. The number of thiophene rings is 1. The first-order chi connectivity index (χ1) is 13.5. The summed E-state index contributed by atoms with van der Waals surface area (Å²) in [4.78, 5) is 25.0. The minimum atomic E-state index is -0.0580. The Balaban J connectivity index is 1.79. The predicted molar refractivity (Wildman–Crippen MR) is 111 cm³/mol. The zero-order valence-corrected chi connectivity index (χ0v) is 16.8. The van der Waals surface area contributed by atoms with Gasteiger partial charge in [-0.3, -0.25) is 9.78 Å². The number of fused-ring (bicyclic) bond motifs is 1. The molecule has 4 rings (SSSR count). The second-order valence-corrected chi connectivity index (χ2v) is 7.92. The Morgan fingerprint density at radius 3 is 2.79 bits per heavy atom. The van der Waals surface area contributed by atoms with Gasteiger partial charge in [0.15, 0.2) is 5.65 Å². The van der Waals surface area contributed by atoms with E-state index in [0.29, 0.717) is 12.1 Å². The van der Waals surface area contributed by atoms with Gasteiger partial charge < -0.3 is 4.90 Å². The van der Waals surface area contributed by atoms with E-state index in [9.17, 15) is 4.79 Å². The summed E-state index contributed by atoms with van der Waals surface area (Å²) in [7, 11) is 1.80. The molecule has 0 bridgehead atoms. The van der Waals surface area contributed by atoms with Crippen LogP contribution in [0.2, 0.25) is 0 Å². The summed E-state index contributed by atoms with van der Waals surface area (Å²) in [5, 5.41) is 7.27. The van der Waals surface area contributed by atoms with Gasteiger partial charge in [0.25, 0.3) is 5.91 Å². The van der Waals surface area contributed by atoms with Crippen LogP contribution in [-0.4, -0.2) is 37.6 Å². The lowest BCUT2D eigenvalue weighted by atomic mass is 10.1. The topological polar surface area (TPSA) is 63.9 Å². The summed E-state index contributed by atoms with van der Waals surface area (Å²) >= 11 is 1.61. The van der Waals surface area contributed by atoms with E-state index in [1.54, 1.807) is 41.9 Å². The number of aromatic nitrogens is 4. The van der Waals surface area contributed by atoms with E-state index in [4.69, 9.17) is 4.98 Å². The molecule has 0 saturated heterocycles. The maximum Gasteiger partial charge on any atom is 0.254 e. The van der Waals surface area contributed by atoms with E-state index >= 15 is 0 Å². The monoisotopic (exact) mass is 391 g/mol. The minimum absolute atomic E-state index is 0.0580. The molecule has 0 saturated carbocycles. The number of nitrogens with zero attached hydrogens (tertiary/aromatic N) is 5. The molecule has 0 aliphatic heterocycles. The second kappa shape index (κ2) is 7.52. The highest BCUT2D eigenvalue weighted by atomic mass is 32.1. The summed E-state index contributed by atoms with van der Waals surface area (Å²) < 4.78 is 1.87. The lowest BCUT2D eigenvalue weighted by Gasteiger charge is -2.18. The third kappa shape index (κ3) is 3.41. The summed E-state index contributed by atoms with van der Waals surface area (Å²) in [6.45, 7) is 4.60. The van der Waals surface area contributed by atoms with Crippen molar-refractivity contribution in [2.45, 2.75) is 26.4 Å². The van der Waals surface area contributed by atoms with Crippen molar-refractivity contribution in [3.8, 4) is 10.6 Å². The van der Waals surface area contributed by atoms with E-state index in [-0.39, 0.29) is 11.9 Å². The SMILES string of the molecule is CC(C)n1ncc2c(C(=O)N(C)Cc3cccnc3)cc(-c3cccs3)nc21. The van der Waals surface area contributed by atoms with Crippen LogP contribution in [0.25, 0.3) is 21.6 Å². The Bertz CT molecular complexity index is 1100. The average molecular weight is 392 g/mol. The highest BCUT2D eigenvalue weighted by Gasteiger charge is 2.21. The number of hydrogen-bond donors (Lipinski definition) is 0. The smallest absolute Gasteiger partial charge is 0.254 e. The van der Waals surface area contributed by atoms with Gasteiger partial charge in [0.1, 0.15) is 0 Å². The fourth-order valence-corrected chi connectivity index (χ4v) is 3.85. The van der Waals surface area contributed by atoms with Crippen LogP contribution in [-0.2, 0) is 6.54 Å². The maximum absolute atomic E-state index is 13.3. The molecule has 0 unspecified atom stereocenters. The van der Waals surface area contributed by atoms with E-state index in [0.717, 1.165) is 27.2 Å². The first kappa shape index (κ1) is 18.3. The van der Waals surface area contributed by atoms with Crippen molar-refractivity contribution in [1.82, 2.24) is 24.6 Å². The third-order valence-corrected chi connectivity index (χ3v) is 5.44. The molecule has 4 heterocycles. The fourth-order valence-electron chi connectivity index (χ4n) is 3.17. The van der Waals surface area contributed by atoms with Crippen LogP contribution in [0.3, 0.4) is 0 Å². The molecule has 0 radical (unpaired) electrons. The molecule has 4 aromatic heterocycles. The molecular weight excluding hydrogens is 370 g/mol. The van der Waals surface area contributed by atoms with Crippen LogP contribution < -0.4 is 0 Å². The standard InChI is InChI=1S/C21H21N5OS/c1-14(2)26-20-17(12-23-26)16(10-18(24-20)19-7-5-9-28-19)21(27)25(3)13-15-6-4-8-22-11-15/h4-12,14H,13H2,1-3H3. The van der Waals surface area contributed by atoms with Gasteiger partial charge >= 0.3 is 0 Å². The number of amides is 1. The zero-order chi connectivity index (χ0) is 19.7. The summed E-state index contributed by atoms with van der Waals surface area (Å²) in [6.07, 6.45) is 5.25.